The van der Waals surface area contributed by atoms with Crippen molar-refractivity contribution < 1.29 is 14.0 Å². The number of halogens is 1. The van der Waals surface area contributed by atoms with Crippen LogP contribution >= 0.6 is 11.3 Å². The van der Waals surface area contributed by atoms with Crippen LogP contribution in [0, 0.1) is 22.6 Å². The number of aromatic nitrogens is 1. The van der Waals surface area contributed by atoms with Gasteiger partial charge >= 0.3 is 0 Å². The average molecular weight is 394 g/mol. The molecule has 1 aliphatic rings. The highest BCUT2D eigenvalue weighted by atomic mass is 32.1. The molecule has 0 saturated carbocycles. The molecule has 4 rings (SSSR count). The molecule has 2 amide bonds. The van der Waals surface area contributed by atoms with Crippen LogP contribution in [-0.2, 0) is 9.59 Å². The van der Waals surface area contributed by atoms with Gasteiger partial charge in [-0.2, -0.15) is 5.26 Å². The van der Waals surface area contributed by atoms with Crippen LogP contribution in [0.15, 0.2) is 48.5 Å². The van der Waals surface area contributed by atoms with Crippen LogP contribution in [0.4, 0.5) is 9.52 Å². The van der Waals surface area contributed by atoms with Gasteiger partial charge in [-0.25, -0.2) is 9.37 Å². The smallest absolute Gasteiger partial charge is 0.249 e. The fraction of sp³-hybridized carbons (Fsp3) is 0.200. The number of hydrogen-bond acceptors (Lipinski definition) is 5. The van der Waals surface area contributed by atoms with E-state index in [2.05, 4.69) is 16.4 Å². The summed E-state index contributed by atoms with van der Waals surface area (Å²) in [6.45, 7) is 0. The van der Waals surface area contributed by atoms with Crippen molar-refractivity contribution >= 4 is 38.5 Å². The Morgan fingerprint density at radius 3 is 2.82 bits per heavy atom. The van der Waals surface area contributed by atoms with Crippen molar-refractivity contribution in [3.05, 3.63) is 59.9 Å². The zero-order chi connectivity index (χ0) is 19.9. The molecule has 140 valence electrons. The summed E-state index contributed by atoms with van der Waals surface area (Å²) in [5.74, 6) is -1.27. The minimum Gasteiger partial charge on any atom is -0.336 e. The van der Waals surface area contributed by atoms with Gasteiger partial charge in [0, 0.05) is 7.05 Å². The monoisotopic (exact) mass is 394 g/mol. The summed E-state index contributed by atoms with van der Waals surface area (Å²) < 4.78 is 14.0. The molecule has 0 radical (unpaired) electrons. The quantitative estimate of drug-likeness (QED) is 0.737. The maximum absolute atomic E-state index is 13.4. The number of fused-ring (bicyclic) bond motifs is 1. The highest BCUT2D eigenvalue weighted by molar-refractivity contribution is 7.22. The summed E-state index contributed by atoms with van der Waals surface area (Å²) in [7, 11) is 1.59. The van der Waals surface area contributed by atoms with E-state index in [0.717, 1.165) is 11.3 Å². The van der Waals surface area contributed by atoms with E-state index in [0.29, 0.717) is 15.8 Å². The SMILES string of the molecule is CN1C(=O)C[C@@](C#N)(C(=O)Nc2nc3ccc(F)cc3s2)[C@H]1c1ccccc1. The van der Waals surface area contributed by atoms with Gasteiger partial charge < -0.3 is 10.2 Å². The first-order valence-corrected chi connectivity index (χ1v) is 9.35. The predicted molar refractivity (Wildman–Crippen MR) is 103 cm³/mol. The number of benzene rings is 2. The van der Waals surface area contributed by atoms with Gasteiger partial charge in [0.15, 0.2) is 10.5 Å². The summed E-state index contributed by atoms with van der Waals surface area (Å²) in [5, 5.41) is 12.9. The number of carbonyl (C=O) groups is 2. The molecule has 2 heterocycles. The summed E-state index contributed by atoms with van der Waals surface area (Å²) in [4.78, 5) is 31.3. The molecule has 2 aromatic carbocycles. The van der Waals surface area contributed by atoms with E-state index in [1.165, 1.54) is 23.1 Å². The average Bonchev–Trinajstić information content (AvgIpc) is 3.20. The van der Waals surface area contributed by atoms with Gasteiger partial charge in [-0.1, -0.05) is 41.7 Å². The lowest BCUT2D eigenvalue weighted by molar-refractivity contribution is -0.128. The van der Waals surface area contributed by atoms with Crippen molar-refractivity contribution in [1.29, 1.82) is 5.26 Å². The Morgan fingerprint density at radius 1 is 1.36 bits per heavy atom. The Labute approximate surface area is 164 Å². The van der Waals surface area contributed by atoms with Crippen LogP contribution < -0.4 is 5.32 Å². The lowest BCUT2D eigenvalue weighted by Crippen LogP contribution is -2.40. The van der Waals surface area contributed by atoms with E-state index < -0.39 is 23.2 Å². The Bertz CT molecular complexity index is 1120. The highest BCUT2D eigenvalue weighted by Crippen LogP contribution is 2.47. The first-order chi connectivity index (χ1) is 13.4. The van der Waals surface area contributed by atoms with Crippen LogP contribution in [0.5, 0.6) is 0 Å². The minimum absolute atomic E-state index is 0.217. The second kappa shape index (κ2) is 6.69. The number of nitriles is 1. The molecule has 28 heavy (non-hydrogen) atoms. The highest BCUT2D eigenvalue weighted by Gasteiger charge is 2.57. The fourth-order valence-electron chi connectivity index (χ4n) is 3.59. The number of nitrogens with one attached hydrogen (secondary N) is 1. The Balaban J connectivity index is 1.71. The molecule has 0 bridgehead atoms. The number of amides is 2. The largest absolute Gasteiger partial charge is 0.336 e. The van der Waals surface area contributed by atoms with Crippen LogP contribution in [-0.4, -0.2) is 28.7 Å². The molecule has 8 heteroatoms. The van der Waals surface area contributed by atoms with Crippen LogP contribution in [0.2, 0.25) is 0 Å². The van der Waals surface area contributed by atoms with Gasteiger partial charge in [0.1, 0.15) is 5.82 Å². The van der Waals surface area contributed by atoms with Gasteiger partial charge in [0.05, 0.1) is 28.7 Å². The Hall–Kier alpha value is -3.31. The number of rotatable bonds is 3. The van der Waals surface area contributed by atoms with Gasteiger partial charge in [-0.3, -0.25) is 9.59 Å². The second-order valence-corrected chi connectivity index (χ2v) is 7.69. The maximum Gasteiger partial charge on any atom is 0.249 e. The van der Waals surface area contributed by atoms with Gasteiger partial charge in [-0.15, -0.1) is 0 Å². The van der Waals surface area contributed by atoms with E-state index in [-0.39, 0.29) is 17.5 Å². The summed E-state index contributed by atoms with van der Waals surface area (Å²) in [5.41, 5.74) is -0.332. The fourth-order valence-corrected chi connectivity index (χ4v) is 4.48. The van der Waals surface area contributed by atoms with E-state index in [1.54, 1.807) is 31.3 Å². The zero-order valence-electron chi connectivity index (χ0n) is 14.8. The predicted octanol–water partition coefficient (Wildman–Crippen LogP) is 3.49. The van der Waals surface area contributed by atoms with Crippen molar-refractivity contribution in [2.24, 2.45) is 5.41 Å². The Morgan fingerprint density at radius 2 is 2.11 bits per heavy atom. The van der Waals surface area contributed by atoms with Crippen molar-refractivity contribution in [3.63, 3.8) is 0 Å². The van der Waals surface area contributed by atoms with E-state index in [1.807, 2.05) is 6.07 Å². The van der Waals surface area contributed by atoms with Crippen LogP contribution in [0.25, 0.3) is 10.2 Å². The standard InChI is InChI=1S/C20H15FN4O2S/c1-25-16(26)10-20(11-22,17(25)12-5-3-2-4-6-12)18(27)24-19-23-14-8-7-13(21)9-15(14)28-19/h2-9,17H,10H2,1H3,(H,23,24,27)/t17-,20+/m1/s1. The number of nitrogens with zero attached hydrogens (tertiary/aromatic N) is 3. The molecule has 0 unspecified atom stereocenters. The third-order valence-corrected chi connectivity index (χ3v) is 5.90. The molecule has 0 aliphatic carbocycles. The van der Waals surface area contributed by atoms with Gasteiger partial charge in [0.2, 0.25) is 11.8 Å². The summed E-state index contributed by atoms with van der Waals surface area (Å²) in [6, 6.07) is 14.5. The van der Waals surface area contributed by atoms with E-state index in [9.17, 15) is 19.2 Å². The molecule has 1 N–H and O–H groups in total. The minimum atomic E-state index is -1.59. The molecule has 1 saturated heterocycles. The normalized spacial score (nSPS) is 21.7. The molecule has 3 aromatic rings. The summed E-state index contributed by atoms with van der Waals surface area (Å²) >= 11 is 1.12. The molecule has 6 nitrogen and oxygen atoms in total. The third-order valence-electron chi connectivity index (χ3n) is 4.97. The van der Waals surface area contributed by atoms with Crippen molar-refractivity contribution in [2.75, 3.05) is 12.4 Å². The lowest BCUT2D eigenvalue weighted by Gasteiger charge is -2.30. The van der Waals surface area contributed by atoms with E-state index in [4.69, 9.17) is 0 Å². The van der Waals surface area contributed by atoms with Crippen LogP contribution in [0.3, 0.4) is 0 Å². The molecule has 1 fully saturated rings. The lowest BCUT2D eigenvalue weighted by atomic mass is 9.77. The molecular weight excluding hydrogens is 379 g/mol. The number of likely N-dealkylation sites (tertiary alicyclic amines) is 1. The van der Waals surface area contributed by atoms with Gasteiger partial charge in [-0.05, 0) is 23.8 Å². The van der Waals surface area contributed by atoms with Gasteiger partial charge in [0.25, 0.3) is 0 Å². The molecular formula is C20H15FN4O2S. The zero-order valence-corrected chi connectivity index (χ0v) is 15.7. The molecule has 1 aliphatic heterocycles. The van der Waals surface area contributed by atoms with Crippen LogP contribution in [0.1, 0.15) is 18.0 Å². The third kappa shape index (κ3) is 2.80. The number of hydrogen-bond donors (Lipinski definition) is 1. The first-order valence-electron chi connectivity index (χ1n) is 8.54. The summed E-state index contributed by atoms with van der Waals surface area (Å²) in [6.07, 6.45) is -0.217. The Kier molecular flexibility index (Phi) is 4.32. The topological polar surface area (TPSA) is 86.1 Å². The number of carbonyl (C=O) groups excluding carboxylic acids is 2. The second-order valence-electron chi connectivity index (χ2n) is 6.66. The molecule has 2 atom stereocenters. The number of anilines is 1. The maximum atomic E-state index is 13.4. The van der Waals surface area contributed by atoms with Crippen molar-refractivity contribution in [3.8, 4) is 6.07 Å². The van der Waals surface area contributed by atoms with Crippen molar-refractivity contribution in [1.82, 2.24) is 9.88 Å². The van der Waals surface area contributed by atoms with Crippen molar-refractivity contribution in [2.45, 2.75) is 12.5 Å². The van der Waals surface area contributed by atoms with E-state index >= 15 is 0 Å². The first kappa shape index (κ1) is 18.1. The molecule has 1 aromatic heterocycles. The molecule has 0 spiro atoms. The number of thiazole rings is 1.